The molecule has 0 heterocycles. The lowest BCUT2D eigenvalue weighted by molar-refractivity contribution is -0.139. The Morgan fingerprint density at radius 3 is 2.08 bits per heavy atom. The molecule has 0 fully saturated rings. The van der Waals surface area contributed by atoms with Gasteiger partial charge in [-0.2, -0.15) is 0 Å². The third-order valence-electron chi connectivity index (χ3n) is 0.772. The van der Waals surface area contributed by atoms with Crippen molar-refractivity contribution in [3.63, 3.8) is 0 Å². The van der Waals surface area contributed by atoms with Crippen molar-refractivity contribution < 1.29 is 24.5 Å². The highest BCUT2D eigenvalue weighted by Crippen LogP contribution is 1.82. The number of aliphatic carboxylic acids is 1. The van der Waals surface area contributed by atoms with Gasteiger partial charge in [0.1, 0.15) is 6.04 Å². The quantitative estimate of drug-likeness (QED) is 0.559. The Morgan fingerprint density at radius 2 is 2.08 bits per heavy atom. The molecule has 0 rings (SSSR count). The van der Waals surface area contributed by atoms with Crippen LogP contribution in [0.25, 0.3) is 0 Å². The molecule has 0 aliphatic carbocycles. The van der Waals surface area contributed by atoms with E-state index in [1.165, 1.54) is 0 Å². The molecule has 0 bridgehead atoms. The largest absolute Gasteiger partial charge is 0.480 e. The van der Waals surface area contributed by atoms with Crippen LogP contribution in [-0.4, -0.2) is 40.9 Å². The second-order valence-electron chi connectivity index (χ2n) is 1.80. The highest BCUT2D eigenvalue weighted by atomic mass is 35.5. The molecular weight excluding hydrogens is 202 g/mol. The first-order chi connectivity index (χ1) is 5.95. The average Bonchev–Trinajstić information content (AvgIpc) is 2.03. The molecule has 0 saturated heterocycles. The Morgan fingerprint density at radius 1 is 1.62 bits per heavy atom. The number of hydrogen-bond donors (Lipinski definition) is 3. The summed E-state index contributed by atoms with van der Waals surface area (Å²) in [5.74, 6) is -1.18. The number of carboxylic acids is 1. The van der Waals surface area contributed by atoms with E-state index in [1.54, 1.807) is 6.92 Å². The highest BCUT2D eigenvalue weighted by molar-refractivity contribution is 6.61. The molecule has 7 heteroatoms. The van der Waals surface area contributed by atoms with Crippen molar-refractivity contribution in [3.8, 4) is 0 Å². The summed E-state index contributed by atoms with van der Waals surface area (Å²) in [6.45, 7) is 1.54. The number of halogens is 1. The first-order valence-electron chi connectivity index (χ1n) is 3.37. The van der Waals surface area contributed by atoms with Gasteiger partial charge < -0.3 is 20.7 Å². The summed E-state index contributed by atoms with van der Waals surface area (Å²) in [4.78, 5) is 19.2. The predicted molar refractivity (Wildman–Crippen MR) is 45.6 cm³/mol. The van der Waals surface area contributed by atoms with Crippen LogP contribution in [0, 0.1) is 0 Å². The molecule has 0 aromatic rings. The Kier molecular flexibility index (Phi) is 10.4. The third kappa shape index (κ3) is 14.1. The van der Waals surface area contributed by atoms with Gasteiger partial charge in [0.15, 0.2) is 0 Å². The van der Waals surface area contributed by atoms with Crippen molar-refractivity contribution in [1.82, 2.24) is 0 Å². The van der Waals surface area contributed by atoms with E-state index in [9.17, 15) is 9.59 Å². The standard InChI is InChI=1S/C3H5ClO2.C3H7NO3/c1-2-6-3(4)5;4-2(1-5)3(6)7/h2H2,1H3;2,5H,1,4H2,(H,6,7)/t;2-/m.0/s1. The van der Waals surface area contributed by atoms with Gasteiger partial charge >= 0.3 is 11.4 Å². The van der Waals surface area contributed by atoms with Crippen molar-refractivity contribution in [1.29, 1.82) is 0 Å². The number of aliphatic hydroxyl groups is 1. The zero-order valence-electron chi connectivity index (χ0n) is 7.07. The molecule has 4 N–H and O–H groups in total. The fourth-order valence-corrected chi connectivity index (χ4v) is 0.301. The van der Waals surface area contributed by atoms with Gasteiger partial charge in [-0.15, -0.1) is 0 Å². The van der Waals surface area contributed by atoms with E-state index in [0.717, 1.165) is 0 Å². The molecule has 78 valence electrons. The Balaban J connectivity index is 0. The molecule has 13 heavy (non-hydrogen) atoms. The first kappa shape index (κ1) is 14.7. The number of carbonyl (C=O) groups excluding carboxylic acids is 1. The normalized spacial score (nSPS) is 10.8. The minimum atomic E-state index is -1.18. The number of nitrogens with two attached hydrogens (primary N) is 1. The van der Waals surface area contributed by atoms with Crippen LogP contribution >= 0.6 is 11.6 Å². The molecule has 0 aliphatic rings. The van der Waals surface area contributed by atoms with E-state index in [2.05, 4.69) is 4.74 Å². The van der Waals surface area contributed by atoms with Crippen LogP contribution in [0.4, 0.5) is 4.79 Å². The highest BCUT2D eigenvalue weighted by Gasteiger charge is 2.06. The van der Waals surface area contributed by atoms with Gasteiger partial charge in [0.25, 0.3) is 0 Å². The number of aliphatic hydroxyl groups excluding tert-OH is 1. The lowest BCUT2D eigenvalue weighted by atomic mass is 10.3. The molecule has 0 aliphatic heterocycles. The summed E-state index contributed by atoms with van der Waals surface area (Å²) < 4.78 is 4.17. The molecular formula is C6H12ClNO5. The number of hydrogen-bond acceptors (Lipinski definition) is 5. The van der Waals surface area contributed by atoms with Crippen LogP contribution in [0.5, 0.6) is 0 Å². The summed E-state index contributed by atoms with van der Waals surface area (Å²) in [5.41, 5.74) is 4.03. The van der Waals surface area contributed by atoms with E-state index in [-0.39, 0.29) is 0 Å². The van der Waals surface area contributed by atoms with E-state index in [4.69, 9.17) is 27.5 Å². The molecule has 1 atom stereocenters. The summed E-state index contributed by atoms with van der Waals surface area (Å²) >= 11 is 4.72. The van der Waals surface area contributed by atoms with Crippen LogP contribution in [0.3, 0.4) is 0 Å². The summed E-state index contributed by atoms with van der Waals surface area (Å²) in [6, 6.07) is -1.13. The van der Waals surface area contributed by atoms with Crippen molar-refractivity contribution in [3.05, 3.63) is 0 Å². The van der Waals surface area contributed by atoms with E-state index in [0.29, 0.717) is 6.61 Å². The molecule has 0 unspecified atom stereocenters. The van der Waals surface area contributed by atoms with Crippen molar-refractivity contribution in [2.24, 2.45) is 5.73 Å². The van der Waals surface area contributed by atoms with E-state index < -0.39 is 24.0 Å². The van der Waals surface area contributed by atoms with Gasteiger partial charge in [0.2, 0.25) is 0 Å². The van der Waals surface area contributed by atoms with Crippen molar-refractivity contribution >= 4 is 23.0 Å². The van der Waals surface area contributed by atoms with Gasteiger partial charge in [-0.3, -0.25) is 4.79 Å². The Bertz CT molecular complexity index is 163. The molecule has 0 aromatic carbocycles. The minimum absolute atomic E-state index is 0.350. The van der Waals surface area contributed by atoms with Crippen LogP contribution in [-0.2, 0) is 9.53 Å². The minimum Gasteiger partial charge on any atom is -0.480 e. The monoisotopic (exact) mass is 213 g/mol. The number of carbonyl (C=O) groups is 2. The van der Waals surface area contributed by atoms with E-state index in [1.807, 2.05) is 0 Å². The Labute approximate surface area is 80.2 Å². The van der Waals surface area contributed by atoms with Gasteiger partial charge in [0, 0.05) is 11.6 Å². The SMILES string of the molecule is CCOC(=O)Cl.N[C@@H](CO)C(=O)O. The maximum absolute atomic E-state index is 9.65. The summed E-state index contributed by atoms with van der Waals surface area (Å²) in [7, 11) is 0. The van der Waals surface area contributed by atoms with Gasteiger partial charge in [-0.1, -0.05) is 0 Å². The molecule has 0 amide bonds. The molecule has 6 nitrogen and oxygen atoms in total. The lowest BCUT2D eigenvalue weighted by Crippen LogP contribution is -2.33. The van der Waals surface area contributed by atoms with Crippen molar-refractivity contribution in [2.75, 3.05) is 13.2 Å². The number of ether oxygens (including phenoxy) is 1. The van der Waals surface area contributed by atoms with Crippen LogP contribution in [0.1, 0.15) is 6.92 Å². The first-order valence-corrected chi connectivity index (χ1v) is 3.75. The third-order valence-corrected chi connectivity index (χ3v) is 0.881. The van der Waals surface area contributed by atoms with E-state index >= 15 is 0 Å². The number of rotatable bonds is 3. The van der Waals surface area contributed by atoms with Gasteiger partial charge in [0.05, 0.1) is 13.2 Å². The van der Waals surface area contributed by atoms with Crippen LogP contribution in [0.2, 0.25) is 0 Å². The van der Waals surface area contributed by atoms with Crippen LogP contribution < -0.4 is 5.73 Å². The van der Waals surface area contributed by atoms with Gasteiger partial charge in [-0.25, -0.2) is 4.79 Å². The fraction of sp³-hybridized carbons (Fsp3) is 0.667. The van der Waals surface area contributed by atoms with Gasteiger partial charge in [-0.05, 0) is 6.92 Å². The second kappa shape index (κ2) is 9.24. The van der Waals surface area contributed by atoms with Crippen LogP contribution in [0.15, 0.2) is 0 Å². The molecule has 0 saturated carbocycles. The fourth-order valence-electron chi connectivity index (χ4n) is 0.192. The zero-order chi connectivity index (χ0) is 10.9. The zero-order valence-corrected chi connectivity index (χ0v) is 7.82. The molecule has 0 aromatic heterocycles. The maximum atomic E-state index is 9.65. The number of carboxylic acid groups (broad SMARTS) is 1. The molecule has 0 spiro atoms. The van der Waals surface area contributed by atoms with Crippen molar-refractivity contribution in [2.45, 2.75) is 13.0 Å². The topological polar surface area (TPSA) is 110 Å². The second-order valence-corrected chi connectivity index (χ2v) is 2.11. The Hall–Kier alpha value is -0.850. The average molecular weight is 214 g/mol. The smallest absolute Gasteiger partial charge is 0.403 e. The predicted octanol–water partition coefficient (Wildman–Crippen LogP) is -0.228. The maximum Gasteiger partial charge on any atom is 0.403 e. The summed E-state index contributed by atoms with van der Waals surface area (Å²) in [5, 5.41) is 15.9. The summed E-state index contributed by atoms with van der Waals surface area (Å²) in [6.07, 6.45) is 0. The lowest BCUT2D eigenvalue weighted by Gasteiger charge is -1.96. The molecule has 0 radical (unpaired) electrons.